The van der Waals surface area contributed by atoms with Gasteiger partial charge in [-0.3, -0.25) is 4.90 Å². The molecule has 2 unspecified atom stereocenters. The molecule has 2 atom stereocenters. The smallest absolute Gasteiger partial charge is 0.0894 e. The predicted molar refractivity (Wildman–Crippen MR) is 58.5 cm³/mol. The van der Waals surface area contributed by atoms with Crippen molar-refractivity contribution < 1.29 is 4.74 Å². The quantitative estimate of drug-likeness (QED) is 0.797. The van der Waals surface area contributed by atoms with Crippen molar-refractivity contribution in [3.05, 3.63) is 22.4 Å². The number of hydrogen-bond donors (Lipinski definition) is 1. The molecule has 3 nitrogen and oxygen atoms in total. The lowest BCUT2D eigenvalue weighted by atomic mass is 10.0. The van der Waals surface area contributed by atoms with Crippen molar-refractivity contribution in [2.45, 2.75) is 12.1 Å². The number of rotatable bonds is 2. The molecular formula is C10H16N2OS. The maximum Gasteiger partial charge on any atom is 0.0894 e. The van der Waals surface area contributed by atoms with E-state index in [1.54, 1.807) is 11.3 Å². The summed E-state index contributed by atoms with van der Waals surface area (Å²) in [5.74, 6) is 0. The molecular weight excluding hydrogens is 196 g/mol. The Morgan fingerprint density at radius 1 is 1.71 bits per heavy atom. The lowest BCUT2D eigenvalue weighted by molar-refractivity contribution is -0.0575. The van der Waals surface area contributed by atoms with Gasteiger partial charge in [0.05, 0.1) is 18.8 Å². The summed E-state index contributed by atoms with van der Waals surface area (Å²) in [6, 6.07) is 2.49. The minimum absolute atomic E-state index is 0.142. The number of nitrogens with two attached hydrogens (primary N) is 1. The average molecular weight is 212 g/mol. The number of ether oxygens (including phenoxy) is 1. The van der Waals surface area contributed by atoms with Gasteiger partial charge in [-0.15, -0.1) is 0 Å². The van der Waals surface area contributed by atoms with Crippen molar-refractivity contribution in [1.29, 1.82) is 0 Å². The van der Waals surface area contributed by atoms with Crippen molar-refractivity contribution in [1.82, 2.24) is 4.90 Å². The van der Waals surface area contributed by atoms with Gasteiger partial charge in [-0.1, -0.05) is 0 Å². The van der Waals surface area contributed by atoms with Gasteiger partial charge in [0.2, 0.25) is 0 Å². The highest BCUT2D eigenvalue weighted by Crippen LogP contribution is 2.29. The Labute approximate surface area is 88.5 Å². The first kappa shape index (κ1) is 10.1. The zero-order valence-electron chi connectivity index (χ0n) is 8.35. The third kappa shape index (κ3) is 1.83. The monoisotopic (exact) mass is 212 g/mol. The molecule has 1 aromatic rings. The van der Waals surface area contributed by atoms with Gasteiger partial charge in [-0.2, -0.15) is 11.3 Å². The summed E-state index contributed by atoms with van der Waals surface area (Å²) >= 11 is 1.72. The van der Waals surface area contributed by atoms with Crippen LogP contribution in [0.4, 0.5) is 0 Å². The molecule has 0 aromatic carbocycles. The zero-order chi connectivity index (χ0) is 9.97. The van der Waals surface area contributed by atoms with Crippen LogP contribution in [0, 0.1) is 0 Å². The minimum Gasteiger partial charge on any atom is -0.374 e. The van der Waals surface area contributed by atoms with E-state index in [0.29, 0.717) is 12.6 Å². The fraction of sp³-hybridized carbons (Fsp3) is 0.600. The third-order valence-corrected chi connectivity index (χ3v) is 3.42. The molecule has 1 saturated heterocycles. The van der Waals surface area contributed by atoms with Crippen LogP contribution in [0.2, 0.25) is 0 Å². The molecule has 1 aliphatic heterocycles. The Morgan fingerprint density at radius 2 is 2.57 bits per heavy atom. The number of likely N-dealkylation sites (N-methyl/N-ethyl adjacent to an activating group) is 1. The fourth-order valence-corrected chi connectivity index (χ4v) is 2.66. The summed E-state index contributed by atoms with van der Waals surface area (Å²) in [4.78, 5) is 2.32. The molecule has 78 valence electrons. The largest absolute Gasteiger partial charge is 0.374 e. The zero-order valence-corrected chi connectivity index (χ0v) is 9.17. The highest BCUT2D eigenvalue weighted by Gasteiger charge is 2.30. The van der Waals surface area contributed by atoms with Crippen LogP contribution in [-0.4, -0.2) is 37.7 Å². The summed E-state index contributed by atoms with van der Waals surface area (Å²) in [6.45, 7) is 2.36. The molecule has 1 aromatic heterocycles. The highest BCUT2D eigenvalue weighted by atomic mass is 32.1. The average Bonchev–Trinajstić information content (AvgIpc) is 2.70. The molecule has 1 aliphatic rings. The second-order valence-corrected chi connectivity index (χ2v) is 4.41. The Kier molecular flexibility index (Phi) is 3.18. The van der Waals surface area contributed by atoms with Crippen LogP contribution in [0.5, 0.6) is 0 Å². The van der Waals surface area contributed by atoms with Crippen LogP contribution < -0.4 is 5.73 Å². The molecule has 0 radical (unpaired) electrons. The van der Waals surface area contributed by atoms with Crippen LogP contribution >= 0.6 is 11.3 Å². The Morgan fingerprint density at radius 3 is 3.21 bits per heavy atom. The van der Waals surface area contributed by atoms with E-state index in [9.17, 15) is 0 Å². The topological polar surface area (TPSA) is 38.5 Å². The van der Waals surface area contributed by atoms with Crippen molar-refractivity contribution in [3.8, 4) is 0 Å². The van der Waals surface area contributed by atoms with Crippen LogP contribution in [0.25, 0.3) is 0 Å². The Hall–Kier alpha value is -0.420. The van der Waals surface area contributed by atoms with Crippen LogP contribution in [0.1, 0.15) is 11.6 Å². The lowest BCUT2D eigenvalue weighted by Crippen LogP contribution is -2.46. The maximum absolute atomic E-state index is 5.71. The molecule has 0 bridgehead atoms. The first-order valence-electron chi connectivity index (χ1n) is 4.87. The Balaban J connectivity index is 2.19. The number of morpholine rings is 1. The van der Waals surface area contributed by atoms with Gasteiger partial charge < -0.3 is 10.5 Å². The molecule has 2 N–H and O–H groups in total. The van der Waals surface area contributed by atoms with Gasteiger partial charge in [0.25, 0.3) is 0 Å². The van der Waals surface area contributed by atoms with E-state index in [1.165, 1.54) is 5.56 Å². The second-order valence-electron chi connectivity index (χ2n) is 3.63. The fourth-order valence-electron chi connectivity index (χ4n) is 1.97. The van der Waals surface area contributed by atoms with E-state index >= 15 is 0 Å². The predicted octanol–water partition coefficient (Wildman–Crippen LogP) is 1.08. The Bertz CT molecular complexity index is 276. The molecule has 4 heteroatoms. The van der Waals surface area contributed by atoms with Crippen LogP contribution in [-0.2, 0) is 4.74 Å². The first-order chi connectivity index (χ1) is 6.83. The van der Waals surface area contributed by atoms with Crippen LogP contribution in [0.15, 0.2) is 16.8 Å². The first-order valence-corrected chi connectivity index (χ1v) is 5.81. The molecule has 1 fully saturated rings. The van der Waals surface area contributed by atoms with Crippen LogP contribution in [0.3, 0.4) is 0 Å². The molecule has 14 heavy (non-hydrogen) atoms. The van der Waals surface area contributed by atoms with Gasteiger partial charge in [0.15, 0.2) is 0 Å². The highest BCUT2D eigenvalue weighted by molar-refractivity contribution is 7.07. The van der Waals surface area contributed by atoms with Gasteiger partial charge in [0.1, 0.15) is 0 Å². The summed E-state index contributed by atoms with van der Waals surface area (Å²) in [5.41, 5.74) is 7.04. The normalized spacial score (nSPS) is 29.3. The van der Waals surface area contributed by atoms with Gasteiger partial charge >= 0.3 is 0 Å². The van der Waals surface area contributed by atoms with E-state index in [1.807, 2.05) is 0 Å². The number of hydrogen-bond acceptors (Lipinski definition) is 4. The maximum atomic E-state index is 5.71. The molecule has 0 saturated carbocycles. The van der Waals surface area contributed by atoms with Gasteiger partial charge in [0, 0.05) is 13.1 Å². The van der Waals surface area contributed by atoms with Crippen molar-refractivity contribution in [2.24, 2.45) is 5.73 Å². The van der Waals surface area contributed by atoms with Crippen molar-refractivity contribution >= 4 is 11.3 Å². The van der Waals surface area contributed by atoms with E-state index in [0.717, 1.165) is 13.2 Å². The van der Waals surface area contributed by atoms with E-state index in [4.69, 9.17) is 10.5 Å². The number of nitrogens with zero attached hydrogens (tertiary/aromatic N) is 1. The standard InChI is InChI=1S/C10H16N2OS/c1-12-3-4-13-9(6-11)10(12)8-2-5-14-7-8/h2,5,7,9-10H,3-4,6,11H2,1H3. The summed E-state index contributed by atoms with van der Waals surface area (Å²) in [6.07, 6.45) is 0.142. The summed E-state index contributed by atoms with van der Waals surface area (Å²) in [5, 5.41) is 4.28. The lowest BCUT2D eigenvalue weighted by Gasteiger charge is -2.38. The van der Waals surface area contributed by atoms with E-state index in [-0.39, 0.29) is 6.10 Å². The van der Waals surface area contributed by atoms with E-state index < -0.39 is 0 Å². The molecule has 2 heterocycles. The number of thiophene rings is 1. The molecule has 0 aliphatic carbocycles. The molecule has 0 amide bonds. The third-order valence-electron chi connectivity index (χ3n) is 2.72. The molecule has 0 spiro atoms. The SMILES string of the molecule is CN1CCOC(CN)C1c1ccsc1. The second kappa shape index (κ2) is 4.40. The van der Waals surface area contributed by atoms with Crippen molar-refractivity contribution in [2.75, 3.05) is 26.7 Å². The molecule has 2 rings (SSSR count). The van der Waals surface area contributed by atoms with Gasteiger partial charge in [-0.05, 0) is 29.4 Å². The van der Waals surface area contributed by atoms with E-state index in [2.05, 4.69) is 28.8 Å². The van der Waals surface area contributed by atoms with Gasteiger partial charge in [-0.25, -0.2) is 0 Å². The van der Waals surface area contributed by atoms with Crippen molar-refractivity contribution in [3.63, 3.8) is 0 Å². The summed E-state index contributed by atoms with van der Waals surface area (Å²) in [7, 11) is 2.13. The minimum atomic E-state index is 0.142. The summed E-state index contributed by atoms with van der Waals surface area (Å²) < 4.78 is 5.67.